The number of morpholine rings is 1. The Hall–Kier alpha value is -1.50. The average molecular weight is 306 g/mol. The number of carbonyl (C=O) groups is 1. The van der Waals surface area contributed by atoms with Crippen LogP contribution in [-0.2, 0) is 15.9 Å². The minimum Gasteiger partial charge on any atom is -0.462 e. The third kappa shape index (κ3) is 2.31. The summed E-state index contributed by atoms with van der Waals surface area (Å²) in [5.74, 6) is -0.730. The van der Waals surface area contributed by atoms with E-state index in [0.717, 1.165) is 19.6 Å². The quantitative estimate of drug-likeness (QED) is 0.781. The van der Waals surface area contributed by atoms with Gasteiger partial charge in [0.15, 0.2) is 0 Å². The highest BCUT2D eigenvalue weighted by atomic mass is 19.1. The lowest BCUT2D eigenvalue weighted by atomic mass is 9.95. The van der Waals surface area contributed by atoms with Crippen molar-refractivity contribution >= 4 is 5.97 Å². The van der Waals surface area contributed by atoms with Crippen molar-refractivity contribution in [3.05, 3.63) is 34.6 Å². The molecule has 2 fully saturated rings. The highest BCUT2D eigenvalue weighted by molar-refractivity contribution is 5.92. The molecule has 0 amide bonds. The number of fused-ring (bicyclic) bond motifs is 2. The fourth-order valence-corrected chi connectivity index (χ4v) is 3.54. The number of piperazine rings is 1. The van der Waals surface area contributed by atoms with Gasteiger partial charge in [0.25, 0.3) is 0 Å². The van der Waals surface area contributed by atoms with E-state index in [4.69, 9.17) is 9.47 Å². The molecule has 5 nitrogen and oxygen atoms in total. The Labute approximate surface area is 128 Å². The third-order valence-corrected chi connectivity index (χ3v) is 4.79. The second-order valence-electron chi connectivity index (χ2n) is 6.06. The van der Waals surface area contributed by atoms with Crippen molar-refractivity contribution in [1.82, 2.24) is 10.2 Å². The number of hydrogen-bond donors (Lipinski definition) is 1. The van der Waals surface area contributed by atoms with Crippen molar-refractivity contribution in [2.24, 2.45) is 0 Å². The van der Waals surface area contributed by atoms with E-state index in [0.29, 0.717) is 42.3 Å². The van der Waals surface area contributed by atoms with E-state index in [9.17, 15) is 9.18 Å². The van der Waals surface area contributed by atoms with Gasteiger partial charge < -0.3 is 14.8 Å². The summed E-state index contributed by atoms with van der Waals surface area (Å²) >= 11 is 0. The van der Waals surface area contributed by atoms with Gasteiger partial charge in [-0.05, 0) is 6.07 Å². The Balaban J connectivity index is 1.61. The van der Waals surface area contributed by atoms with Crippen LogP contribution in [0.25, 0.3) is 0 Å². The summed E-state index contributed by atoms with van der Waals surface area (Å²) in [6.07, 6.45) is 0.168. The number of cyclic esters (lactones) is 1. The second kappa shape index (κ2) is 5.61. The van der Waals surface area contributed by atoms with Crippen molar-refractivity contribution in [2.75, 3.05) is 39.4 Å². The van der Waals surface area contributed by atoms with Gasteiger partial charge in [0.1, 0.15) is 5.82 Å². The molecule has 4 rings (SSSR count). The highest BCUT2D eigenvalue weighted by Gasteiger charge is 2.34. The predicted octanol–water partition coefficient (Wildman–Crippen LogP) is 0.884. The molecule has 1 aromatic carbocycles. The summed E-state index contributed by atoms with van der Waals surface area (Å²) in [4.78, 5) is 14.0. The number of nitrogens with one attached hydrogen (secondary N) is 1. The van der Waals surface area contributed by atoms with Gasteiger partial charge in [-0.15, -0.1) is 0 Å². The van der Waals surface area contributed by atoms with Gasteiger partial charge in [-0.1, -0.05) is 6.07 Å². The molecule has 0 aromatic heterocycles. The predicted molar refractivity (Wildman–Crippen MR) is 77.3 cm³/mol. The molecule has 0 radical (unpaired) electrons. The molecule has 1 N–H and O–H groups in total. The van der Waals surface area contributed by atoms with Crippen LogP contribution in [0.1, 0.15) is 27.6 Å². The maximum atomic E-state index is 14.8. The van der Waals surface area contributed by atoms with E-state index in [1.807, 2.05) is 0 Å². The molecule has 2 atom stereocenters. The summed E-state index contributed by atoms with van der Waals surface area (Å²) in [6.45, 7) is 4.40. The van der Waals surface area contributed by atoms with E-state index in [2.05, 4.69) is 10.2 Å². The van der Waals surface area contributed by atoms with Crippen LogP contribution in [0.3, 0.4) is 0 Å². The lowest BCUT2D eigenvalue weighted by Gasteiger charge is -2.42. The number of nitrogens with zero attached hydrogens (tertiary/aromatic N) is 1. The molecular weight excluding hydrogens is 287 g/mol. The molecule has 1 aromatic rings. The molecule has 0 unspecified atom stereocenters. The monoisotopic (exact) mass is 306 g/mol. The molecule has 0 bridgehead atoms. The molecule has 0 spiro atoms. The first-order chi connectivity index (χ1) is 10.7. The van der Waals surface area contributed by atoms with Crippen LogP contribution in [0.5, 0.6) is 0 Å². The highest BCUT2D eigenvalue weighted by Crippen LogP contribution is 2.31. The lowest BCUT2D eigenvalue weighted by Crippen LogP contribution is -2.57. The molecule has 3 aliphatic heterocycles. The minimum atomic E-state index is -0.432. The van der Waals surface area contributed by atoms with Crippen molar-refractivity contribution in [3.8, 4) is 0 Å². The second-order valence-corrected chi connectivity index (χ2v) is 6.06. The molecule has 0 saturated carbocycles. The first-order valence-electron chi connectivity index (χ1n) is 7.79. The SMILES string of the molecule is O=C1OCCc2c1ccc([C@H]1CN3CCNC[C@H]3CO1)c2F. The van der Waals surface area contributed by atoms with Gasteiger partial charge in [-0.3, -0.25) is 4.90 Å². The van der Waals surface area contributed by atoms with E-state index < -0.39 is 5.97 Å². The zero-order valence-corrected chi connectivity index (χ0v) is 12.3. The largest absolute Gasteiger partial charge is 0.462 e. The number of carbonyl (C=O) groups excluding carboxylic acids is 1. The maximum Gasteiger partial charge on any atom is 0.338 e. The zero-order valence-electron chi connectivity index (χ0n) is 12.3. The number of hydrogen-bond acceptors (Lipinski definition) is 5. The summed E-state index contributed by atoms with van der Waals surface area (Å²) in [5.41, 5.74) is 1.38. The number of benzene rings is 1. The van der Waals surface area contributed by atoms with Gasteiger partial charge in [-0.2, -0.15) is 0 Å². The Morgan fingerprint density at radius 1 is 1.36 bits per heavy atom. The number of ether oxygens (including phenoxy) is 2. The van der Waals surface area contributed by atoms with Gasteiger partial charge in [0.2, 0.25) is 0 Å². The minimum absolute atomic E-state index is 0.248. The fourth-order valence-electron chi connectivity index (χ4n) is 3.54. The van der Waals surface area contributed by atoms with Gasteiger partial charge in [-0.25, -0.2) is 9.18 Å². The summed E-state index contributed by atoms with van der Waals surface area (Å²) in [5, 5.41) is 3.35. The fraction of sp³-hybridized carbons (Fsp3) is 0.562. The zero-order chi connectivity index (χ0) is 15.1. The molecule has 3 aliphatic rings. The molecule has 22 heavy (non-hydrogen) atoms. The summed E-state index contributed by atoms with van der Waals surface area (Å²) in [6, 6.07) is 3.72. The molecular formula is C16H19FN2O3. The molecule has 118 valence electrons. The Morgan fingerprint density at radius 3 is 3.18 bits per heavy atom. The first kappa shape index (κ1) is 14.1. The summed E-state index contributed by atoms with van der Waals surface area (Å²) < 4.78 is 25.7. The molecule has 3 heterocycles. The average Bonchev–Trinajstić information content (AvgIpc) is 2.56. The van der Waals surface area contributed by atoms with Crippen molar-refractivity contribution in [3.63, 3.8) is 0 Å². The number of rotatable bonds is 1. The van der Waals surface area contributed by atoms with Crippen molar-refractivity contribution < 1.29 is 18.7 Å². The normalized spacial score (nSPS) is 28.7. The lowest BCUT2D eigenvalue weighted by molar-refractivity contribution is -0.0730. The Kier molecular flexibility index (Phi) is 3.60. The van der Waals surface area contributed by atoms with Crippen LogP contribution in [0.15, 0.2) is 12.1 Å². The van der Waals surface area contributed by atoms with Crippen LogP contribution < -0.4 is 5.32 Å². The van der Waals surface area contributed by atoms with E-state index in [-0.39, 0.29) is 18.5 Å². The number of esters is 1. The smallest absolute Gasteiger partial charge is 0.338 e. The molecule has 2 saturated heterocycles. The third-order valence-electron chi connectivity index (χ3n) is 4.79. The topological polar surface area (TPSA) is 50.8 Å². The van der Waals surface area contributed by atoms with E-state index in [1.165, 1.54) is 0 Å². The van der Waals surface area contributed by atoms with Crippen LogP contribution >= 0.6 is 0 Å². The van der Waals surface area contributed by atoms with Crippen LogP contribution in [0, 0.1) is 5.82 Å². The van der Waals surface area contributed by atoms with Crippen LogP contribution in [0.4, 0.5) is 4.39 Å². The molecule has 0 aliphatic carbocycles. The Morgan fingerprint density at radius 2 is 2.27 bits per heavy atom. The van der Waals surface area contributed by atoms with Gasteiger partial charge >= 0.3 is 5.97 Å². The summed E-state index contributed by atoms with van der Waals surface area (Å²) in [7, 11) is 0. The van der Waals surface area contributed by atoms with Crippen molar-refractivity contribution in [2.45, 2.75) is 18.6 Å². The molecule has 6 heteroatoms. The first-order valence-corrected chi connectivity index (χ1v) is 7.79. The van der Waals surface area contributed by atoms with Gasteiger partial charge in [0.05, 0.1) is 24.9 Å². The number of halogens is 1. The van der Waals surface area contributed by atoms with E-state index in [1.54, 1.807) is 12.1 Å². The van der Waals surface area contributed by atoms with E-state index >= 15 is 0 Å². The standard InChI is InChI=1S/C16H19FN2O3/c17-15-11-3-6-21-16(20)12(11)1-2-13(15)14-8-19-5-4-18-7-10(19)9-22-14/h1-2,10,14,18H,3-9H2/t10-,14+/m0/s1. The van der Waals surface area contributed by atoms with Crippen LogP contribution in [-0.4, -0.2) is 56.3 Å². The van der Waals surface area contributed by atoms with Crippen LogP contribution in [0.2, 0.25) is 0 Å². The maximum absolute atomic E-state index is 14.8. The Bertz CT molecular complexity index is 607. The van der Waals surface area contributed by atoms with Crippen molar-refractivity contribution in [1.29, 1.82) is 0 Å². The van der Waals surface area contributed by atoms with Gasteiger partial charge in [0, 0.05) is 49.8 Å².